The molecule has 0 aromatic carbocycles. The average Bonchev–Trinajstić information content (AvgIpc) is 2.37. The van der Waals surface area contributed by atoms with Gasteiger partial charge in [-0.25, -0.2) is 4.98 Å². The van der Waals surface area contributed by atoms with Crippen molar-refractivity contribution in [3.8, 4) is 0 Å². The molecule has 1 aromatic rings. The molecule has 0 atom stereocenters. The van der Waals surface area contributed by atoms with Crippen molar-refractivity contribution < 1.29 is 0 Å². The number of aromatic nitrogens is 2. The molecule has 0 saturated heterocycles. The van der Waals surface area contributed by atoms with Gasteiger partial charge in [0.25, 0.3) is 0 Å². The first-order valence-corrected chi connectivity index (χ1v) is 2.71. The Hall–Kier alpha value is -1.09. The maximum atomic E-state index is 5.32. The fraction of sp³-hybridized carbons (Fsp3) is 0.167. The first-order valence-electron chi connectivity index (χ1n) is 2.71. The third-order valence-electron chi connectivity index (χ3n) is 1.13. The van der Waals surface area contributed by atoms with Crippen molar-refractivity contribution in [1.29, 1.82) is 0 Å². The van der Waals surface area contributed by atoms with Gasteiger partial charge in [0.15, 0.2) is 0 Å². The molecule has 0 saturated carbocycles. The summed E-state index contributed by atoms with van der Waals surface area (Å²) in [4.78, 5) is 6.72. The van der Waals surface area contributed by atoms with Crippen molar-refractivity contribution in [2.45, 2.75) is 0 Å². The first kappa shape index (κ1) is 6.04. The summed E-state index contributed by atoms with van der Waals surface area (Å²) in [6.45, 7) is 4.19. The lowest BCUT2D eigenvalue weighted by Gasteiger charge is -1.93. The molecule has 3 heteroatoms. The van der Waals surface area contributed by atoms with E-state index >= 15 is 0 Å². The van der Waals surface area contributed by atoms with Crippen molar-refractivity contribution in [3.63, 3.8) is 0 Å². The quantitative estimate of drug-likeness (QED) is 0.597. The van der Waals surface area contributed by atoms with Crippen molar-refractivity contribution in [2.75, 3.05) is 6.54 Å². The lowest BCUT2D eigenvalue weighted by molar-refractivity contribution is 1.23. The van der Waals surface area contributed by atoms with Crippen LogP contribution in [0.3, 0.4) is 0 Å². The van der Waals surface area contributed by atoms with Gasteiger partial charge in [0.2, 0.25) is 0 Å². The zero-order valence-corrected chi connectivity index (χ0v) is 5.09. The van der Waals surface area contributed by atoms with E-state index in [0.717, 1.165) is 11.3 Å². The number of hydrogen-bond donors (Lipinski definition) is 2. The molecule has 0 spiro atoms. The van der Waals surface area contributed by atoms with Gasteiger partial charge in [-0.1, -0.05) is 6.58 Å². The molecule has 1 heterocycles. The third kappa shape index (κ3) is 1.17. The number of nitrogens with zero attached hydrogens (tertiary/aromatic N) is 1. The van der Waals surface area contributed by atoms with E-state index in [1.165, 1.54) is 0 Å². The number of H-pyrrole nitrogens is 1. The second kappa shape index (κ2) is 2.46. The molecule has 1 rings (SSSR count). The van der Waals surface area contributed by atoms with Crippen LogP contribution < -0.4 is 5.73 Å². The minimum atomic E-state index is 0.474. The molecule has 3 nitrogen and oxygen atoms in total. The Morgan fingerprint density at radius 2 is 2.67 bits per heavy atom. The standard InChI is InChI=1S/C6H9N3/c1-5(2-7)6-3-8-4-9-6/h3-4H,1-2,7H2,(H,8,9). The topological polar surface area (TPSA) is 54.7 Å². The number of rotatable bonds is 2. The van der Waals surface area contributed by atoms with Crippen molar-refractivity contribution >= 4 is 5.57 Å². The van der Waals surface area contributed by atoms with Gasteiger partial charge in [0, 0.05) is 6.54 Å². The van der Waals surface area contributed by atoms with Crippen LogP contribution in [0.5, 0.6) is 0 Å². The Morgan fingerprint density at radius 1 is 1.89 bits per heavy atom. The maximum absolute atomic E-state index is 5.32. The Labute approximate surface area is 53.6 Å². The maximum Gasteiger partial charge on any atom is 0.0924 e. The summed E-state index contributed by atoms with van der Waals surface area (Å²) in [6.07, 6.45) is 3.31. The molecule has 3 N–H and O–H groups in total. The highest BCUT2D eigenvalue weighted by atomic mass is 14.9. The highest BCUT2D eigenvalue weighted by molar-refractivity contribution is 5.60. The lowest BCUT2D eigenvalue weighted by Crippen LogP contribution is -2.00. The van der Waals surface area contributed by atoms with Crippen LogP contribution in [-0.4, -0.2) is 16.5 Å². The van der Waals surface area contributed by atoms with Gasteiger partial charge in [0.1, 0.15) is 0 Å². The van der Waals surface area contributed by atoms with Crippen LogP contribution in [0.2, 0.25) is 0 Å². The normalized spacial score (nSPS) is 9.44. The van der Waals surface area contributed by atoms with Gasteiger partial charge in [0.05, 0.1) is 18.2 Å². The van der Waals surface area contributed by atoms with E-state index in [-0.39, 0.29) is 0 Å². The van der Waals surface area contributed by atoms with Gasteiger partial charge in [-0.2, -0.15) is 0 Å². The molecule has 0 aliphatic carbocycles. The van der Waals surface area contributed by atoms with Crippen molar-refractivity contribution in [3.05, 3.63) is 24.8 Å². The summed E-state index contributed by atoms with van der Waals surface area (Å²) < 4.78 is 0. The summed E-state index contributed by atoms with van der Waals surface area (Å²) in [6, 6.07) is 0. The van der Waals surface area contributed by atoms with Crippen LogP contribution in [-0.2, 0) is 0 Å². The Kier molecular flexibility index (Phi) is 1.65. The molecule has 0 unspecified atom stereocenters. The minimum absolute atomic E-state index is 0.474. The highest BCUT2D eigenvalue weighted by Gasteiger charge is 1.94. The summed E-state index contributed by atoms with van der Waals surface area (Å²) in [5, 5.41) is 0. The van der Waals surface area contributed by atoms with Gasteiger partial charge in [-0.3, -0.25) is 0 Å². The van der Waals surface area contributed by atoms with Crippen LogP contribution in [0, 0.1) is 0 Å². The SMILES string of the molecule is C=C(CN)c1cnc[nH]1. The van der Waals surface area contributed by atoms with Crippen LogP contribution in [0.25, 0.3) is 5.57 Å². The molecular weight excluding hydrogens is 114 g/mol. The van der Waals surface area contributed by atoms with E-state index in [1.54, 1.807) is 12.5 Å². The Bertz CT molecular complexity index is 188. The predicted molar refractivity (Wildman–Crippen MR) is 36.7 cm³/mol. The second-order valence-corrected chi connectivity index (χ2v) is 1.77. The number of aromatic amines is 1. The molecule has 0 aliphatic heterocycles. The zero-order chi connectivity index (χ0) is 6.69. The summed E-state index contributed by atoms with van der Waals surface area (Å²) in [5.74, 6) is 0. The van der Waals surface area contributed by atoms with Crippen LogP contribution in [0.15, 0.2) is 19.1 Å². The van der Waals surface area contributed by atoms with E-state index in [0.29, 0.717) is 6.54 Å². The molecule has 1 aromatic heterocycles. The molecule has 0 fully saturated rings. The van der Waals surface area contributed by atoms with E-state index < -0.39 is 0 Å². The highest BCUT2D eigenvalue weighted by Crippen LogP contribution is 2.03. The number of nitrogens with two attached hydrogens (primary N) is 1. The van der Waals surface area contributed by atoms with Crippen molar-refractivity contribution in [1.82, 2.24) is 9.97 Å². The molecule has 48 valence electrons. The molecule has 9 heavy (non-hydrogen) atoms. The number of imidazole rings is 1. The van der Waals surface area contributed by atoms with E-state index in [9.17, 15) is 0 Å². The Balaban J connectivity index is 2.77. The predicted octanol–water partition coefficient (Wildman–Crippen LogP) is 0.382. The summed E-state index contributed by atoms with van der Waals surface area (Å²) in [5.41, 5.74) is 7.11. The zero-order valence-electron chi connectivity index (χ0n) is 5.09. The summed E-state index contributed by atoms with van der Waals surface area (Å²) in [7, 11) is 0. The fourth-order valence-electron chi connectivity index (χ4n) is 0.559. The first-order chi connectivity index (χ1) is 4.34. The second-order valence-electron chi connectivity index (χ2n) is 1.77. The van der Waals surface area contributed by atoms with Gasteiger partial charge in [-0.05, 0) is 5.57 Å². The summed E-state index contributed by atoms with van der Waals surface area (Å²) >= 11 is 0. The van der Waals surface area contributed by atoms with E-state index in [2.05, 4.69) is 16.5 Å². The smallest absolute Gasteiger partial charge is 0.0924 e. The monoisotopic (exact) mass is 123 g/mol. The third-order valence-corrected chi connectivity index (χ3v) is 1.13. The van der Waals surface area contributed by atoms with Gasteiger partial charge < -0.3 is 10.7 Å². The Morgan fingerprint density at radius 3 is 3.11 bits per heavy atom. The minimum Gasteiger partial charge on any atom is -0.345 e. The van der Waals surface area contributed by atoms with Crippen LogP contribution >= 0.6 is 0 Å². The van der Waals surface area contributed by atoms with Gasteiger partial charge in [-0.15, -0.1) is 0 Å². The number of hydrogen-bond acceptors (Lipinski definition) is 2. The molecule has 0 radical (unpaired) electrons. The van der Waals surface area contributed by atoms with Crippen LogP contribution in [0.4, 0.5) is 0 Å². The van der Waals surface area contributed by atoms with Crippen molar-refractivity contribution in [2.24, 2.45) is 5.73 Å². The fourth-order valence-corrected chi connectivity index (χ4v) is 0.559. The van der Waals surface area contributed by atoms with E-state index in [1.807, 2.05) is 0 Å². The van der Waals surface area contributed by atoms with E-state index in [4.69, 9.17) is 5.73 Å². The number of nitrogens with one attached hydrogen (secondary N) is 1. The van der Waals surface area contributed by atoms with Gasteiger partial charge >= 0.3 is 0 Å². The largest absolute Gasteiger partial charge is 0.345 e. The van der Waals surface area contributed by atoms with Crippen LogP contribution in [0.1, 0.15) is 5.69 Å². The molecule has 0 bridgehead atoms. The lowest BCUT2D eigenvalue weighted by atomic mass is 10.2. The molecule has 0 amide bonds. The average molecular weight is 123 g/mol. The molecular formula is C6H9N3. The molecule has 0 aliphatic rings.